The molecule has 7 nitrogen and oxygen atoms in total. The van der Waals surface area contributed by atoms with E-state index in [1.807, 2.05) is 10.3 Å². The van der Waals surface area contributed by atoms with Crippen LogP contribution in [0.1, 0.15) is 48.2 Å². The lowest BCUT2D eigenvalue weighted by atomic mass is 9.96. The number of benzene rings is 1. The second-order valence-corrected chi connectivity index (χ2v) is 9.35. The molecule has 0 bridgehead atoms. The number of anilines is 1. The van der Waals surface area contributed by atoms with Gasteiger partial charge >= 0.3 is 0 Å². The molecule has 2 N–H and O–H groups in total. The molecule has 2 heterocycles. The van der Waals surface area contributed by atoms with Crippen LogP contribution in [0.2, 0.25) is 0 Å². The van der Waals surface area contributed by atoms with E-state index in [2.05, 4.69) is 15.6 Å². The SMILES string of the molecule is O=C(CN1CCN(C(=O)c2csc(NC3CCCCC3)n2)CC1)NCc1cccc(F)c1. The number of halogens is 1. The predicted octanol–water partition coefficient (Wildman–Crippen LogP) is 3.10. The summed E-state index contributed by atoms with van der Waals surface area (Å²) in [6.45, 7) is 2.98. The molecule has 9 heteroatoms. The van der Waals surface area contributed by atoms with Crippen LogP contribution >= 0.6 is 11.3 Å². The van der Waals surface area contributed by atoms with Crippen LogP contribution in [0.15, 0.2) is 29.6 Å². The molecular weight excluding hydrogens is 429 g/mol. The normalized spacial score (nSPS) is 17.8. The first-order chi connectivity index (χ1) is 15.6. The minimum Gasteiger partial charge on any atom is -0.359 e. The molecule has 0 radical (unpaired) electrons. The Kier molecular flexibility index (Phi) is 7.70. The highest BCUT2D eigenvalue weighted by Crippen LogP contribution is 2.24. The number of carbonyl (C=O) groups is 2. The molecule has 1 aliphatic heterocycles. The van der Waals surface area contributed by atoms with E-state index in [-0.39, 0.29) is 24.2 Å². The van der Waals surface area contributed by atoms with Crippen molar-refractivity contribution >= 4 is 28.3 Å². The minimum absolute atomic E-state index is 0.0480. The second kappa shape index (κ2) is 10.9. The number of nitrogens with zero attached hydrogens (tertiary/aromatic N) is 3. The van der Waals surface area contributed by atoms with E-state index in [0.29, 0.717) is 44.5 Å². The first-order valence-corrected chi connectivity index (χ1v) is 12.2. The average molecular weight is 460 g/mol. The molecule has 2 aliphatic rings. The van der Waals surface area contributed by atoms with Crippen molar-refractivity contribution in [3.63, 3.8) is 0 Å². The van der Waals surface area contributed by atoms with Crippen molar-refractivity contribution in [2.75, 3.05) is 38.0 Å². The Balaban J connectivity index is 1.19. The van der Waals surface area contributed by atoms with E-state index < -0.39 is 0 Å². The zero-order valence-corrected chi connectivity index (χ0v) is 19.0. The van der Waals surface area contributed by atoms with Gasteiger partial charge in [-0.05, 0) is 30.5 Å². The smallest absolute Gasteiger partial charge is 0.273 e. The third kappa shape index (κ3) is 6.26. The van der Waals surface area contributed by atoms with Crippen molar-refractivity contribution in [1.82, 2.24) is 20.1 Å². The summed E-state index contributed by atoms with van der Waals surface area (Å²) >= 11 is 1.49. The second-order valence-electron chi connectivity index (χ2n) is 8.49. The summed E-state index contributed by atoms with van der Waals surface area (Å²) in [5, 5.41) is 8.96. The zero-order valence-electron chi connectivity index (χ0n) is 18.2. The third-order valence-corrected chi connectivity index (χ3v) is 6.84. The van der Waals surface area contributed by atoms with E-state index in [0.717, 1.165) is 10.7 Å². The summed E-state index contributed by atoms with van der Waals surface area (Å²) in [5.74, 6) is -0.463. The van der Waals surface area contributed by atoms with E-state index in [4.69, 9.17) is 0 Å². The molecule has 2 fully saturated rings. The van der Waals surface area contributed by atoms with Crippen molar-refractivity contribution in [2.45, 2.75) is 44.7 Å². The van der Waals surface area contributed by atoms with Crippen LogP contribution in [0.25, 0.3) is 0 Å². The number of nitrogens with one attached hydrogen (secondary N) is 2. The highest BCUT2D eigenvalue weighted by Gasteiger charge is 2.25. The van der Waals surface area contributed by atoms with E-state index in [9.17, 15) is 14.0 Å². The van der Waals surface area contributed by atoms with Crippen LogP contribution in [-0.4, -0.2) is 65.4 Å². The number of carbonyl (C=O) groups excluding carboxylic acids is 2. The van der Waals surface area contributed by atoms with Gasteiger partial charge in [0.1, 0.15) is 11.5 Å². The Hall–Kier alpha value is -2.52. The summed E-state index contributed by atoms with van der Waals surface area (Å²) in [5.41, 5.74) is 1.23. The maximum Gasteiger partial charge on any atom is 0.273 e. The van der Waals surface area contributed by atoms with Crippen molar-refractivity contribution < 1.29 is 14.0 Å². The van der Waals surface area contributed by atoms with Gasteiger partial charge in [0.15, 0.2) is 5.13 Å². The average Bonchev–Trinajstić information content (AvgIpc) is 3.27. The lowest BCUT2D eigenvalue weighted by molar-refractivity contribution is -0.122. The molecule has 2 amide bonds. The van der Waals surface area contributed by atoms with Gasteiger partial charge in [0.25, 0.3) is 5.91 Å². The Morgan fingerprint density at radius 2 is 1.91 bits per heavy atom. The van der Waals surface area contributed by atoms with Gasteiger partial charge in [-0.1, -0.05) is 31.4 Å². The molecule has 1 saturated heterocycles. The summed E-state index contributed by atoms with van der Waals surface area (Å²) in [7, 11) is 0. The Morgan fingerprint density at radius 3 is 2.66 bits per heavy atom. The summed E-state index contributed by atoms with van der Waals surface area (Å²) in [6.07, 6.45) is 6.14. The quantitative estimate of drug-likeness (QED) is 0.665. The lowest BCUT2D eigenvalue weighted by Gasteiger charge is -2.34. The predicted molar refractivity (Wildman–Crippen MR) is 123 cm³/mol. The van der Waals surface area contributed by atoms with Crippen molar-refractivity contribution in [3.05, 3.63) is 46.7 Å². The number of aromatic nitrogens is 1. The zero-order chi connectivity index (χ0) is 22.3. The highest BCUT2D eigenvalue weighted by atomic mass is 32.1. The van der Waals surface area contributed by atoms with Crippen LogP contribution < -0.4 is 10.6 Å². The fraction of sp³-hybridized carbons (Fsp3) is 0.522. The van der Waals surface area contributed by atoms with Crippen LogP contribution in [-0.2, 0) is 11.3 Å². The van der Waals surface area contributed by atoms with Crippen molar-refractivity contribution in [1.29, 1.82) is 0 Å². The van der Waals surface area contributed by atoms with E-state index in [1.54, 1.807) is 17.0 Å². The topological polar surface area (TPSA) is 77.6 Å². The molecule has 0 spiro atoms. The molecule has 1 saturated carbocycles. The number of rotatable bonds is 7. The van der Waals surface area contributed by atoms with Gasteiger partial charge in [-0.25, -0.2) is 9.37 Å². The van der Waals surface area contributed by atoms with Gasteiger partial charge < -0.3 is 15.5 Å². The molecule has 0 unspecified atom stereocenters. The minimum atomic E-state index is -0.311. The van der Waals surface area contributed by atoms with Gasteiger partial charge in [0, 0.05) is 44.1 Å². The molecule has 1 aromatic heterocycles. The molecule has 32 heavy (non-hydrogen) atoms. The number of piperazine rings is 1. The maximum absolute atomic E-state index is 13.2. The molecule has 0 atom stereocenters. The Morgan fingerprint density at radius 1 is 1.12 bits per heavy atom. The fourth-order valence-corrected chi connectivity index (χ4v) is 5.00. The van der Waals surface area contributed by atoms with Crippen LogP contribution in [0, 0.1) is 5.82 Å². The lowest BCUT2D eigenvalue weighted by Crippen LogP contribution is -2.51. The number of amides is 2. The Labute approximate surface area is 192 Å². The molecule has 2 aromatic rings. The largest absolute Gasteiger partial charge is 0.359 e. The van der Waals surface area contributed by atoms with Crippen LogP contribution in [0.3, 0.4) is 0 Å². The molecular formula is C23H30FN5O2S. The highest BCUT2D eigenvalue weighted by molar-refractivity contribution is 7.13. The van der Waals surface area contributed by atoms with Gasteiger partial charge in [0.2, 0.25) is 5.91 Å². The summed E-state index contributed by atoms with van der Waals surface area (Å²) < 4.78 is 13.2. The molecule has 1 aromatic carbocycles. The van der Waals surface area contributed by atoms with E-state index >= 15 is 0 Å². The van der Waals surface area contributed by atoms with Crippen molar-refractivity contribution in [2.24, 2.45) is 0 Å². The van der Waals surface area contributed by atoms with Gasteiger partial charge in [0.05, 0.1) is 6.54 Å². The molecule has 1 aliphatic carbocycles. The van der Waals surface area contributed by atoms with Gasteiger partial charge in [-0.2, -0.15) is 0 Å². The standard InChI is InChI=1S/C23H30FN5O2S/c24-18-6-4-5-17(13-18)14-25-21(30)15-28-9-11-29(12-10-28)22(31)20-16-32-23(27-20)26-19-7-2-1-3-8-19/h4-6,13,16,19H,1-3,7-12,14-15H2,(H,25,30)(H,26,27). The first kappa shape index (κ1) is 22.7. The number of hydrogen-bond donors (Lipinski definition) is 2. The Bertz CT molecular complexity index is 923. The summed E-state index contributed by atoms with van der Waals surface area (Å²) in [4.78, 5) is 33.4. The van der Waals surface area contributed by atoms with Crippen molar-refractivity contribution in [3.8, 4) is 0 Å². The maximum atomic E-state index is 13.2. The van der Waals surface area contributed by atoms with Crippen LogP contribution in [0.5, 0.6) is 0 Å². The van der Waals surface area contributed by atoms with Crippen LogP contribution in [0.4, 0.5) is 9.52 Å². The fourth-order valence-electron chi connectivity index (χ4n) is 4.24. The molecule has 172 valence electrons. The first-order valence-electron chi connectivity index (χ1n) is 11.3. The monoisotopic (exact) mass is 459 g/mol. The van der Waals surface area contributed by atoms with Gasteiger partial charge in [-0.15, -0.1) is 11.3 Å². The third-order valence-electron chi connectivity index (χ3n) is 6.06. The number of hydrogen-bond acceptors (Lipinski definition) is 6. The molecule has 4 rings (SSSR count). The summed E-state index contributed by atoms with van der Waals surface area (Å²) in [6, 6.07) is 6.67. The van der Waals surface area contributed by atoms with Gasteiger partial charge in [-0.3, -0.25) is 14.5 Å². The number of thiazole rings is 1. The van der Waals surface area contributed by atoms with E-state index in [1.165, 1.54) is 55.6 Å².